The van der Waals surface area contributed by atoms with Crippen molar-refractivity contribution in [2.45, 2.75) is 6.54 Å². The molecule has 1 aromatic heterocycles. The van der Waals surface area contributed by atoms with E-state index in [1.165, 1.54) is 18.2 Å². The Kier molecular flexibility index (Phi) is 3.85. The molecule has 0 bridgehead atoms. The average Bonchev–Trinajstić information content (AvgIpc) is 2.78. The lowest BCUT2D eigenvalue weighted by atomic mass is 9.99. The Balaban J connectivity index is 2.04. The van der Waals surface area contributed by atoms with Gasteiger partial charge in [-0.3, -0.25) is 19.9 Å². The molecule has 2 aromatic carbocycles. The molecule has 2 heterocycles. The summed E-state index contributed by atoms with van der Waals surface area (Å²) in [7, 11) is 0. The SMILES string of the molecule is O=c1ccn2c(n1)CN=C(c1ccccc1Cl)c1cc([N+](=O)[O-])ccc1-2. The average molecular weight is 367 g/mol. The lowest BCUT2D eigenvalue weighted by Gasteiger charge is -2.13. The lowest BCUT2D eigenvalue weighted by molar-refractivity contribution is -0.384. The third-order valence-corrected chi connectivity index (χ3v) is 4.43. The summed E-state index contributed by atoms with van der Waals surface area (Å²) in [5.74, 6) is 0.453. The van der Waals surface area contributed by atoms with Crippen molar-refractivity contribution in [2.24, 2.45) is 4.99 Å². The summed E-state index contributed by atoms with van der Waals surface area (Å²) in [6.45, 7) is 0.152. The van der Waals surface area contributed by atoms with Crippen molar-refractivity contribution in [3.05, 3.63) is 97.2 Å². The van der Waals surface area contributed by atoms with Crippen molar-refractivity contribution < 1.29 is 4.92 Å². The molecule has 1 aliphatic rings. The molecule has 8 heteroatoms. The molecule has 4 rings (SSSR count). The highest BCUT2D eigenvalue weighted by atomic mass is 35.5. The number of benzene rings is 2. The molecule has 0 fully saturated rings. The fourth-order valence-electron chi connectivity index (χ4n) is 2.93. The van der Waals surface area contributed by atoms with Crippen LogP contribution in [0.25, 0.3) is 5.69 Å². The monoisotopic (exact) mass is 366 g/mol. The molecule has 0 N–H and O–H groups in total. The zero-order valence-electron chi connectivity index (χ0n) is 13.3. The van der Waals surface area contributed by atoms with E-state index in [-0.39, 0.29) is 17.8 Å². The van der Waals surface area contributed by atoms with Crippen molar-refractivity contribution >= 4 is 23.0 Å². The normalized spacial score (nSPS) is 12.6. The minimum atomic E-state index is -0.458. The number of fused-ring (bicyclic) bond motifs is 3. The summed E-state index contributed by atoms with van der Waals surface area (Å²) in [5, 5.41) is 11.7. The second-order valence-corrected chi connectivity index (χ2v) is 6.06. The highest BCUT2D eigenvalue weighted by molar-refractivity contribution is 6.35. The van der Waals surface area contributed by atoms with Crippen LogP contribution in [0.2, 0.25) is 5.02 Å². The molecule has 1 aliphatic heterocycles. The summed E-state index contributed by atoms with van der Waals surface area (Å²) >= 11 is 6.33. The molecule has 0 amide bonds. The van der Waals surface area contributed by atoms with Gasteiger partial charge in [0.15, 0.2) is 0 Å². The molecular weight excluding hydrogens is 356 g/mol. The van der Waals surface area contributed by atoms with Crippen LogP contribution >= 0.6 is 11.6 Å². The van der Waals surface area contributed by atoms with Gasteiger partial charge in [-0.05, 0) is 12.1 Å². The van der Waals surface area contributed by atoms with E-state index in [1.807, 2.05) is 6.07 Å². The Morgan fingerprint density at radius 2 is 1.92 bits per heavy atom. The van der Waals surface area contributed by atoms with Crippen LogP contribution in [0.15, 0.2) is 64.5 Å². The van der Waals surface area contributed by atoms with Gasteiger partial charge in [0.1, 0.15) is 5.82 Å². The van der Waals surface area contributed by atoms with Gasteiger partial charge in [-0.2, -0.15) is 4.98 Å². The Hall–Kier alpha value is -3.32. The minimum Gasteiger partial charge on any atom is -0.303 e. The fourth-order valence-corrected chi connectivity index (χ4v) is 3.15. The number of nitro benzene ring substituents is 1. The third kappa shape index (κ3) is 2.68. The van der Waals surface area contributed by atoms with Gasteiger partial charge in [0.25, 0.3) is 11.2 Å². The molecular formula is C18H11ClN4O3. The van der Waals surface area contributed by atoms with Crippen LogP contribution in [0.3, 0.4) is 0 Å². The van der Waals surface area contributed by atoms with Crippen LogP contribution in [0.1, 0.15) is 17.0 Å². The number of aliphatic imine (C=N–C) groups is 1. The molecule has 0 radical (unpaired) electrons. The van der Waals surface area contributed by atoms with E-state index in [2.05, 4.69) is 9.98 Å². The maximum absolute atomic E-state index is 11.6. The number of non-ortho nitro benzene ring substituents is 1. The predicted molar refractivity (Wildman–Crippen MR) is 97.3 cm³/mol. The standard InChI is InChI=1S/C18H11ClN4O3/c19-14-4-2-1-3-12(14)18-13-9-11(23(25)26)5-6-15(13)22-8-7-17(24)21-16(22)10-20-18/h1-9H,10H2. The van der Waals surface area contributed by atoms with Crippen molar-refractivity contribution in [3.8, 4) is 5.69 Å². The van der Waals surface area contributed by atoms with E-state index in [9.17, 15) is 14.9 Å². The number of hydrogen-bond acceptors (Lipinski definition) is 5. The van der Waals surface area contributed by atoms with E-state index in [4.69, 9.17) is 11.6 Å². The first-order valence-electron chi connectivity index (χ1n) is 7.72. The Morgan fingerprint density at radius 3 is 2.69 bits per heavy atom. The summed E-state index contributed by atoms with van der Waals surface area (Å²) in [4.78, 5) is 31.0. The number of aromatic nitrogens is 2. The van der Waals surface area contributed by atoms with Crippen LogP contribution in [-0.4, -0.2) is 20.2 Å². The molecule has 128 valence electrons. The van der Waals surface area contributed by atoms with E-state index in [0.29, 0.717) is 33.4 Å². The van der Waals surface area contributed by atoms with E-state index >= 15 is 0 Å². The van der Waals surface area contributed by atoms with Crippen molar-refractivity contribution in [1.29, 1.82) is 0 Å². The topological polar surface area (TPSA) is 90.4 Å². The van der Waals surface area contributed by atoms with Crippen LogP contribution in [0.5, 0.6) is 0 Å². The molecule has 0 spiro atoms. The Bertz CT molecular complexity index is 1140. The van der Waals surface area contributed by atoms with Gasteiger partial charge >= 0.3 is 0 Å². The molecule has 0 saturated carbocycles. The van der Waals surface area contributed by atoms with Gasteiger partial charge in [-0.1, -0.05) is 29.8 Å². The first-order chi connectivity index (χ1) is 12.5. The Morgan fingerprint density at radius 1 is 1.12 bits per heavy atom. The maximum atomic E-state index is 11.6. The van der Waals surface area contributed by atoms with Gasteiger partial charge < -0.3 is 4.57 Å². The van der Waals surface area contributed by atoms with Gasteiger partial charge in [-0.15, -0.1) is 0 Å². The van der Waals surface area contributed by atoms with Crippen LogP contribution < -0.4 is 5.56 Å². The first kappa shape index (κ1) is 16.2. The van der Waals surface area contributed by atoms with Gasteiger partial charge in [0.2, 0.25) is 0 Å². The van der Waals surface area contributed by atoms with Crippen LogP contribution in [0, 0.1) is 10.1 Å². The molecule has 0 atom stereocenters. The number of halogens is 1. The third-order valence-electron chi connectivity index (χ3n) is 4.10. The smallest absolute Gasteiger partial charge is 0.272 e. The predicted octanol–water partition coefficient (Wildman–Crippen LogP) is 3.15. The van der Waals surface area contributed by atoms with Crippen LogP contribution in [-0.2, 0) is 6.54 Å². The molecule has 7 nitrogen and oxygen atoms in total. The number of rotatable bonds is 2. The Labute approximate surface area is 152 Å². The second-order valence-electron chi connectivity index (χ2n) is 5.66. The van der Waals surface area contributed by atoms with Gasteiger partial charge in [0, 0.05) is 40.5 Å². The summed E-state index contributed by atoms with van der Waals surface area (Å²) in [6.07, 6.45) is 1.60. The zero-order valence-corrected chi connectivity index (χ0v) is 14.1. The molecule has 26 heavy (non-hydrogen) atoms. The summed E-state index contributed by atoms with van der Waals surface area (Å²) in [6, 6.07) is 13.0. The molecule has 0 unspecified atom stereocenters. The van der Waals surface area contributed by atoms with E-state index < -0.39 is 4.92 Å². The zero-order chi connectivity index (χ0) is 18.3. The van der Waals surface area contributed by atoms with E-state index in [1.54, 1.807) is 35.0 Å². The van der Waals surface area contributed by atoms with Gasteiger partial charge in [0.05, 0.1) is 22.9 Å². The minimum absolute atomic E-state index is 0.0547. The molecule has 3 aromatic rings. The maximum Gasteiger partial charge on any atom is 0.272 e. The van der Waals surface area contributed by atoms with E-state index in [0.717, 1.165) is 0 Å². The summed E-state index contributed by atoms with van der Waals surface area (Å²) < 4.78 is 1.72. The first-order valence-corrected chi connectivity index (χ1v) is 8.09. The van der Waals surface area contributed by atoms with Crippen LogP contribution in [0.4, 0.5) is 5.69 Å². The summed E-state index contributed by atoms with van der Waals surface area (Å²) in [5.41, 5.74) is 1.96. The fraction of sp³-hybridized carbons (Fsp3) is 0.0556. The lowest BCUT2D eigenvalue weighted by Crippen LogP contribution is -2.15. The van der Waals surface area contributed by atoms with Gasteiger partial charge in [-0.25, -0.2) is 0 Å². The highest BCUT2D eigenvalue weighted by Crippen LogP contribution is 2.29. The second kappa shape index (κ2) is 6.20. The molecule has 0 saturated heterocycles. The molecule has 0 aliphatic carbocycles. The number of nitro groups is 1. The number of nitrogens with zero attached hydrogens (tertiary/aromatic N) is 4. The van der Waals surface area contributed by atoms with Crippen molar-refractivity contribution in [2.75, 3.05) is 0 Å². The van der Waals surface area contributed by atoms with Crippen molar-refractivity contribution in [3.63, 3.8) is 0 Å². The quantitative estimate of drug-likeness (QED) is 0.514. The van der Waals surface area contributed by atoms with Crippen molar-refractivity contribution in [1.82, 2.24) is 9.55 Å². The largest absolute Gasteiger partial charge is 0.303 e. The highest BCUT2D eigenvalue weighted by Gasteiger charge is 2.23. The number of hydrogen-bond donors (Lipinski definition) is 0.